The molecule has 2 unspecified atom stereocenters. The van der Waals surface area contributed by atoms with Crippen LogP contribution in [0.2, 0.25) is 0 Å². The fourth-order valence-corrected chi connectivity index (χ4v) is 5.95. The van der Waals surface area contributed by atoms with Gasteiger partial charge in [-0.1, -0.05) is 54.2 Å². The summed E-state index contributed by atoms with van der Waals surface area (Å²) in [5, 5.41) is 20.0. The first-order chi connectivity index (χ1) is 17.1. The Morgan fingerprint density at radius 3 is 2.66 bits per heavy atom. The maximum Gasteiger partial charge on any atom is 0.168 e. The number of aromatic nitrogens is 3. The molecule has 1 aliphatic heterocycles. The number of benzene rings is 3. The summed E-state index contributed by atoms with van der Waals surface area (Å²) in [5.41, 5.74) is 3.54. The molecule has 3 heterocycles. The van der Waals surface area contributed by atoms with E-state index in [1.165, 1.54) is 0 Å². The number of rotatable bonds is 4. The van der Waals surface area contributed by atoms with Crippen LogP contribution in [0.25, 0.3) is 27.9 Å². The molecule has 0 amide bonds. The van der Waals surface area contributed by atoms with Gasteiger partial charge in [-0.05, 0) is 73.2 Å². The molecular formula is C29H24N4OS. The van der Waals surface area contributed by atoms with Crippen molar-refractivity contribution in [3.05, 3.63) is 90.5 Å². The van der Waals surface area contributed by atoms with Crippen molar-refractivity contribution in [2.45, 2.75) is 41.1 Å². The molecule has 1 fully saturated rings. The molecular weight excluding hydrogens is 452 g/mol. The molecule has 0 radical (unpaired) electrons. The summed E-state index contributed by atoms with van der Waals surface area (Å²) in [6.45, 7) is 2.67. The van der Waals surface area contributed by atoms with Crippen molar-refractivity contribution in [1.82, 2.24) is 14.6 Å². The summed E-state index contributed by atoms with van der Waals surface area (Å²) in [4.78, 5) is 2.28. The first-order valence-corrected chi connectivity index (χ1v) is 12.6. The van der Waals surface area contributed by atoms with Gasteiger partial charge in [0.05, 0.1) is 23.1 Å². The fourth-order valence-electron chi connectivity index (χ4n) is 5.02. The van der Waals surface area contributed by atoms with Gasteiger partial charge in [0, 0.05) is 22.0 Å². The Bertz CT molecular complexity index is 1570. The Balaban J connectivity index is 1.35. The highest BCUT2D eigenvalue weighted by Gasteiger charge is 2.37. The zero-order valence-electron chi connectivity index (χ0n) is 19.4. The zero-order valence-corrected chi connectivity index (χ0v) is 20.2. The van der Waals surface area contributed by atoms with Crippen LogP contribution < -0.4 is 0 Å². The van der Waals surface area contributed by atoms with Gasteiger partial charge in [0.15, 0.2) is 11.5 Å². The number of nitriles is 1. The van der Waals surface area contributed by atoms with Crippen LogP contribution in [0.1, 0.15) is 25.3 Å². The molecule has 6 rings (SSSR count). The number of pyridine rings is 1. The van der Waals surface area contributed by atoms with Crippen LogP contribution in [-0.4, -0.2) is 27.3 Å². The van der Waals surface area contributed by atoms with Crippen molar-refractivity contribution >= 4 is 28.3 Å². The maximum atomic E-state index is 10.1. The molecule has 5 nitrogen and oxygen atoms in total. The summed E-state index contributed by atoms with van der Waals surface area (Å²) in [6, 6.07) is 31.8. The highest BCUT2D eigenvalue weighted by atomic mass is 32.2. The summed E-state index contributed by atoms with van der Waals surface area (Å²) < 4.78 is 7.83. The zero-order chi connectivity index (χ0) is 23.8. The molecule has 35 heavy (non-hydrogen) atoms. The topological polar surface area (TPSA) is 63.2 Å². The van der Waals surface area contributed by atoms with Crippen LogP contribution in [0.4, 0.5) is 0 Å². The van der Waals surface area contributed by atoms with Gasteiger partial charge in [-0.15, -0.1) is 10.2 Å². The van der Waals surface area contributed by atoms with E-state index in [1.54, 1.807) is 11.8 Å². The minimum absolute atomic E-state index is 0.0930. The monoisotopic (exact) mass is 476 g/mol. The molecule has 3 aromatic carbocycles. The number of hydrogen-bond acceptors (Lipinski definition) is 5. The van der Waals surface area contributed by atoms with Crippen molar-refractivity contribution in [3.63, 3.8) is 0 Å². The van der Waals surface area contributed by atoms with Gasteiger partial charge in [0.2, 0.25) is 0 Å². The molecule has 6 heteroatoms. The van der Waals surface area contributed by atoms with E-state index in [9.17, 15) is 5.26 Å². The third-order valence-electron chi connectivity index (χ3n) is 6.78. The molecule has 2 atom stereocenters. The van der Waals surface area contributed by atoms with Crippen LogP contribution in [0, 0.1) is 11.3 Å². The average molecular weight is 477 g/mol. The summed E-state index contributed by atoms with van der Waals surface area (Å²) in [5.74, 6) is 0.840. The van der Waals surface area contributed by atoms with Gasteiger partial charge in [0.1, 0.15) is 0 Å². The lowest BCUT2D eigenvalue weighted by Crippen LogP contribution is -2.36. The lowest BCUT2D eigenvalue weighted by molar-refractivity contribution is 0.00349. The van der Waals surface area contributed by atoms with Gasteiger partial charge in [-0.2, -0.15) is 5.26 Å². The Morgan fingerprint density at radius 2 is 1.83 bits per heavy atom. The SMILES string of the molecule is CC1CC(C#N)(c2cccc(Sc3ccc4c(ccc5nnc(-c6ccccc6)n54)c3)c2)CCO1. The molecule has 0 N–H and O–H groups in total. The van der Waals surface area contributed by atoms with Gasteiger partial charge < -0.3 is 4.74 Å². The summed E-state index contributed by atoms with van der Waals surface area (Å²) in [6.07, 6.45) is 1.55. The van der Waals surface area contributed by atoms with Crippen LogP contribution >= 0.6 is 11.8 Å². The largest absolute Gasteiger partial charge is 0.378 e. The quantitative estimate of drug-likeness (QED) is 0.290. The maximum absolute atomic E-state index is 10.1. The smallest absolute Gasteiger partial charge is 0.168 e. The lowest BCUT2D eigenvalue weighted by Gasteiger charge is -2.35. The molecule has 0 spiro atoms. The predicted octanol–water partition coefficient (Wildman–Crippen LogP) is 6.66. The van der Waals surface area contributed by atoms with E-state index in [-0.39, 0.29) is 6.10 Å². The van der Waals surface area contributed by atoms with Crippen LogP contribution in [0.3, 0.4) is 0 Å². The number of ether oxygens (including phenoxy) is 1. The van der Waals surface area contributed by atoms with Gasteiger partial charge >= 0.3 is 0 Å². The average Bonchev–Trinajstić information content (AvgIpc) is 3.34. The third kappa shape index (κ3) is 3.97. The van der Waals surface area contributed by atoms with Gasteiger partial charge in [-0.3, -0.25) is 4.40 Å². The number of fused-ring (bicyclic) bond motifs is 3. The first kappa shape index (κ1) is 21.8. The fraction of sp³-hybridized carbons (Fsp3) is 0.207. The summed E-state index contributed by atoms with van der Waals surface area (Å²) in [7, 11) is 0. The second kappa shape index (κ2) is 8.84. The molecule has 172 valence electrons. The van der Waals surface area contributed by atoms with Crippen LogP contribution in [0.15, 0.2) is 94.7 Å². The molecule has 2 aromatic heterocycles. The van der Waals surface area contributed by atoms with Crippen molar-refractivity contribution in [3.8, 4) is 17.5 Å². The molecule has 0 aliphatic carbocycles. The molecule has 1 saturated heterocycles. The van der Waals surface area contributed by atoms with E-state index in [0.717, 1.165) is 56.1 Å². The lowest BCUT2D eigenvalue weighted by atomic mass is 9.74. The Kier molecular flexibility index (Phi) is 5.52. The summed E-state index contributed by atoms with van der Waals surface area (Å²) >= 11 is 1.72. The van der Waals surface area contributed by atoms with Gasteiger partial charge in [0.25, 0.3) is 0 Å². The van der Waals surface area contributed by atoms with E-state index >= 15 is 0 Å². The van der Waals surface area contributed by atoms with E-state index in [1.807, 2.05) is 24.3 Å². The Morgan fingerprint density at radius 1 is 0.971 bits per heavy atom. The van der Waals surface area contributed by atoms with Crippen LogP contribution in [-0.2, 0) is 10.2 Å². The van der Waals surface area contributed by atoms with Crippen LogP contribution in [0.5, 0.6) is 0 Å². The van der Waals surface area contributed by atoms with Crippen molar-refractivity contribution in [2.24, 2.45) is 0 Å². The van der Waals surface area contributed by atoms with Crippen molar-refractivity contribution in [1.29, 1.82) is 5.26 Å². The van der Waals surface area contributed by atoms with E-state index in [4.69, 9.17) is 4.74 Å². The van der Waals surface area contributed by atoms with Gasteiger partial charge in [-0.25, -0.2) is 0 Å². The Labute approximate surface area is 208 Å². The standard InChI is InChI=1S/C29H24N4OS/c1-20-18-29(19-30,14-15-34-20)23-8-5-9-24(17-23)35-25-11-12-26-22(16-25)10-13-27-31-32-28(33(26)27)21-6-3-2-4-7-21/h2-13,16-17,20H,14-15,18H2,1H3. The minimum Gasteiger partial charge on any atom is -0.378 e. The first-order valence-electron chi connectivity index (χ1n) is 11.8. The molecule has 0 bridgehead atoms. The molecule has 0 saturated carbocycles. The van der Waals surface area contributed by atoms with E-state index < -0.39 is 5.41 Å². The minimum atomic E-state index is -0.481. The highest BCUT2D eigenvalue weighted by molar-refractivity contribution is 7.99. The van der Waals surface area contributed by atoms with Crippen molar-refractivity contribution in [2.75, 3.05) is 6.61 Å². The second-order valence-corrected chi connectivity index (χ2v) is 10.2. The predicted molar refractivity (Wildman–Crippen MR) is 138 cm³/mol. The number of hydrogen-bond donors (Lipinski definition) is 0. The van der Waals surface area contributed by atoms with E-state index in [2.05, 4.69) is 88.3 Å². The Hall–Kier alpha value is -3.66. The third-order valence-corrected chi connectivity index (χ3v) is 7.75. The normalized spacial score (nSPS) is 20.2. The van der Waals surface area contributed by atoms with Crippen molar-refractivity contribution < 1.29 is 4.74 Å². The number of nitrogens with zero attached hydrogens (tertiary/aromatic N) is 4. The van der Waals surface area contributed by atoms with E-state index in [0.29, 0.717) is 6.61 Å². The highest BCUT2D eigenvalue weighted by Crippen LogP contribution is 2.39. The molecule has 1 aliphatic rings. The molecule has 5 aromatic rings. The second-order valence-electron chi connectivity index (χ2n) is 9.10.